The SMILES string of the molecule is Cc1cc2c(c(C)c1O)CC(C)C2=O. The molecule has 0 bridgehead atoms. The lowest BCUT2D eigenvalue weighted by Gasteiger charge is -2.08. The molecule has 1 unspecified atom stereocenters. The van der Waals surface area contributed by atoms with E-state index in [0.29, 0.717) is 5.75 Å². The number of benzene rings is 1. The second kappa shape index (κ2) is 2.84. The molecule has 0 aromatic heterocycles. The lowest BCUT2D eigenvalue weighted by atomic mass is 10.00. The van der Waals surface area contributed by atoms with Crippen molar-refractivity contribution >= 4 is 5.78 Å². The summed E-state index contributed by atoms with van der Waals surface area (Å²) in [4.78, 5) is 11.7. The molecule has 0 radical (unpaired) electrons. The maximum atomic E-state index is 11.7. The standard InChI is InChI=1S/C12H14O2/c1-6-5-10-9(8(3)11(6)13)4-7(2)12(10)14/h5,7,13H,4H2,1-3H3. The third-order valence-corrected chi connectivity index (χ3v) is 3.09. The van der Waals surface area contributed by atoms with Crippen molar-refractivity contribution in [3.63, 3.8) is 0 Å². The summed E-state index contributed by atoms with van der Waals surface area (Å²) in [6, 6.07) is 1.81. The quantitative estimate of drug-likeness (QED) is 0.682. The molecule has 0 amide bonds. The summed E-state index contributed by atoms with van der Waals surface area (Å²) in [5.74, 6) is 0.627. The second-order valence-electron chi connectivity index (χ2n) is 4.16. The number of hydrogen-bond acceptors (Lipinski definition) is 2. The highest BCUT2D eigenvalue weighted by Gasteiger charge is 2.29. The molecular formula is C12H14O2. The van der Waals surface area contributed by atoms with E-state index in [9.17, 15) is 9.90 Å². The zero-order valence-corrected chi connectivity index (χ0v) is 8.72. The number of carbonyl (C=O) groups is 1. The Balaban J connectivity index is 2.70. The van der Waals surface area contributed by atoms with Crippen LogP contribution in [0.5, 0.6) is 5.75 Å². The van der Waals surface area contributed by atoms with Gasteiger partial charge in [0.05, 0.1) is 0 Å². The minimum atomic E-state index is 0.0740. The maximum Gasteiger partial charge on any atom is 0.166 e. The van der Waals surface area contributed by atoms with E-state index in [1.165, 1.54) is 0 Å². The highest BCUT2D eigenvalue weighted by molar-refractivity contribution is 6.02. The number of carbonyl (C=O) groups excluding carboxylic acids is 1. The average Bonchev–Trinajstić information content (AvgIpc) is 2.42. The van der Waals surface area contributed by atoms with Gasteiger partial charge in [-0.3, -0.25) is 4.79 Å². The highest BCUT2D eigenvalue weighted by Crippen LogP contribution is 2.35. The predicted octanol–water partition coefficient (Wildman–Crippen LogP) is 2.38. The first-order chi connectivity index (χ1) is 6.52. The molecular weight excluding hydrogens is 176 g/mol. The van der Waals surface area contributed by atoms with Crippen LogP contribution in [-0.2, 0) is 6.42 Å². The lowest BCUT2D eigenvalue weighted by Crippen LogP contribution is -2.02. The average molecular weight is 190 g/mol. The van der Waals surface area contributed by atoms with Crippen molar-refractivity contribution in [3.8, 4) is 5.75 Å². The maximum absolute atomic E-state index is 11.7. The first kappa shape index (κ1) is 9.25. The Morgan fingerprint density at radius 3 is 2.71 bits per heavy atom. The van der Waals surface area contributed by atoms with Crippen LogP contribution in [0.3, 0.4) is 0 Å². The third-order valence-electron chi connectivity index (χ3n) is 3.09. The van der Waals surface area contributed by atoms with Gasteiger partial charge in [0.2, 0.25) is 0 Å². The molecule has 1 aliphatic rings. The molecule has 1 atom stereocenters. The number of rotatable bonds is 0. The highest BCUT2D eigenvalue weighted by atomic mass is 16.3. The van der Waals surface area contributed by atoms with Crippen molar-refractivity contribution in [1.82, 2.24) is 0 Å². The summed E-state index contributed by atoms with van der Waals surface area (Å²) >= 11 is 0. The first-order valence-electron chi connectivity index (χ1n) is 4.88. The Labute approximate surface area is 83.6 Å². The van der Waals surface area contributed by atoms with Crippen molar-refractivity contribution in [2.24, 2.45) is 5.92 Å². The van der Waals surface area contributed by atoms with Crippen LogP contribution in [0.1, 0.15) is 34.0 Å². The monoisotopic (exact) mass is 190 g/mol. The van der Waals surface area contributed by atoms with E-state index in [0.717, 1.165) is 28.7 Å². The fourth-order valence-corrected chi connectivity index (χ4v) is 2.16. The van der Waals surface area contributed by atoms with E-state index in [2.05, 4.69) is 0 Å². The topological polar surface area (TPSA) is 37.3 Å². The van der Waals surface area contributed by atoms with Gasteiger partial charge in [-0.05, 0) is 43.0 Å². The van der Waals surface area contributed by atoms with Crippen molar-refractivity contribution in [3.05, 3.63) is 28.3 Å². The predicted molar refractivity (Wildman–Crippen MR) is 54.8 cm³/mol. The van der Waals surface area contributed by atoms with E-state index in [1.807, 2.05) is 26.8 Å². The van der Waals surface area contributed by atoms with Crippen LogP contribution in [0.25, 0.3) is 0 Å². The molecule has 1 aromatic rings. The van der Waals surface area contributed by atoms with Crippen LogP contribution in [0.4, 0.5) is 0 Å². The summed E-state index contributed by atoms with van der Waals surface area (Å²) in [7, 11) is 0. The Hall–Kier alpha value is -1.31. The van der Waals surface area contributed by atoms with E-state index in [-0.39, 0.29) is 11.7 Å². The number of ketones is 1. The van der Waals surface area contributed by atoms with Gasteiger partial charge in [0.1, 0.15) is 5.75 Å². The van der Waals surface area contributed by atoms with E-state index < -0.39 is 0 Å². The van der Waals surface area contributed by atoms with Crippen LogP contribution >= 0.6 is 0 Å². The summed E-state index contributed by atoms with van der Waals surface area (Å²) in [5, 5.41) is 9.73. The smallest absolute Gasteiger partial charge is 0.166 e. The molecule has 2 nitrogen and oxygen atoms in total. The van der Waals surface area contributed by atoms with Crippen molar-refractivity contribution < 1.29 is 9.90 Å². The van der Waals surface area contributed by atoms with Gasteiger partial charge in [0, 0.05) is 11.5 Å². The Morgan fingerprint density at radius 2 is 2.07 bits per heavy atom. The second-order valence-corrected chi connectivity index (χ2v) is 4.16. The fraction of sp³-hybridized carbons (Fsp3) is 0.417. The lowest BCUT2D eigenvalue weighted by molar-refractivity contribution is 0.0946. The summed E-state index contributed by atoms with van der Waals surface area (Å²) < 4.78 is 0. The van der Waals surface area contributed by atoms with Gasteiger partial charge in [-0.2, -0.15) is 0 Å². The summed E-state index contributed by atoms with van der Waals surface area (Å²) in [5.41, 5.74) is 3.51. The van der Waals surface area contributed by atoms with Gasteiger partial charge in [-0.15, -0.1) is 0 Å². The Morgan fingerprint density at radius 1 is 1.43 bits per heavy atom. The van der Waals surface area contributed by atoms with Crippen molar-refractivity contribution in [1.29, 1.82) is 0 Å². The first-order valence-corrected chi connectivity index (χ1v) is 4.88. The molecule has 14 heavy (non-hydrogen) atoms. The van der Waals surface area contributed by atoms with Gasteiger partial charge in [-0.1, -0.05) is 6.92 Å². The zero-order valence-electron chi connectivity index (χ0n) is 8.72. The van der Waals surface area contributed by atoms with E-state index >= 15 is 0 Å². The van der Waals surface area contributed by atoms with Gasteiger partial charge >= 0.3 is 0 Å². The largest absolute Gasteiger partial charge is 0.507 e. The number of aromatic hydroxyl groups is 1. The number of phenolic OH excluding ortho intramolecular Hbond substituents is 1. The number of hydrogen-bond donors (Lipinski definition) is 1. The fourth-order valence-electron chi connectivity index (χ4n) is 2.16. The van der Waals surface area contributed by atoms with Crippen molar-refractivity contribution in [2.45, 2.75) is 27.2 Å². The summed E-state index contributed by atoms with van der Waals surface area (Å²) in [6.45, 7) is 5.65. The molecule has 2 rings (SSSR count). The van der Waals surface area contributed by atoms with E-state index in [4.69, 9.17) is 0 Å². The third kappa shape index (κ3) is 1.07. The molecule has 1 aromatic carbocycles. The normalized spacial score (nSPS) is 19.9. The number of phenols is 1. The molecule has 74 valence electrons. The van der Waals surface area contributed by atoms with Gasteiger partial charge in [0.15, 0.2) is 5.78 Å². The van der Waals surface area contributed by atoms with E-state index in [1.54, 1.807) is 0 Å². The zero-order chi connectivity index (χ0) is 10.5. The molecule has 0 saturated carbocycles. The minimum Gasteiger partial charge on any atom is -0.507 e. The Bertz CT molecular complexity index is 419. The van der Waals surface area contributed by atoms with Crippen LogP contribution in [0.2, 0.25) is 0 Å². The molecule has 0 saturated heterocycles. The molecule has 0 aliphatic heterocycles. The molecule has 2 heteroatoms. The van der Waals surface area contributed by atoms with Crippen LogP contribution in [0.15, 0.2) is 6.07 Å². The molecule has 1 N–H and O–H groups in total. The van der Waals surface area contributed by atoms with Crippen LogP contribution in [0, 0.1) is 19.8 Å². The summed E-state index contributed by atoms with van der Waals surface area (Å²) in [6.07, 6.45) is 0.772. The van der Waals surface area contributed by atoms with Crippen LogP contribution in [-0.4, -0.2) is 10.9 Å². The molecule has 1 aliphatic carbocycles. The van der Waals surface area contributed by atoms with Gasteiger partial charge in [0.25, 0.3) is 0 Å². The molecule has 0 fully saturated rings. The van der Waals surface area contributed by atoms with Crippen molar-refractivity contribution in [2.75, 3.05) is 0 Å². The molecule has 0 spiro atoms. The minimum absolute atomic E-state index is 0.0740. The van der Waals surface area contributed by atoms with Crippen LogP contribution < -0.4 is 0 Å². The number of aryl methyl sites for hydroxylation is 1. The Kier molecular flexibility index (Phi) is 1.88. The van der Waals surface area contributed by atoms with Gasteiger partial charge < -0.3 is 5.11 Å². The van der Waals surface area contributed by atoms with Gasteiger partial charge in [-0.25, -0.2) is 0 Å². The molecule has 0 heterocycles. The number of fused-ring (bicyclic) bond motifs is 1. The number of Topliss-reactive ketones (excluding diaryl/α,β-unsaturated/α-hetero) is 1.